The van der Waals surface area contributed by atoms with Crippen LogP contribution in [0.25, 0.3) is 0 Å². The molecule has 130 valence electrons. The number of aromatic nitrogens is 2. The van der Waals surface area contributed by atoms with Gasteiger partial charge in [0, 0.05) is 24.9 Å². The summed E-state index contributed by atoms with van der Waals surface area (Å²) >= 11 is 0. The standard InChI is InChI=1S/C17H30N4O2/c1-12(14-10-21(16(3,4)5)20-13(14)2)19-15(22)18-11-17(6)8-7-9-23-17/h10,12H,7-9,11H2,1-6H3,(H2,18,19,22)/t12-,17+/m0/s1. The van der Waals surface area contributed by atoms with Crippen molar-refractivity contribution in [3.63, 3.8) is 0 Å². The van der Waals surface area contributed by atoms with E-state index in [0.29, 0.717) is 6.54 Å². The number of urea groups is 1. The maximum Gasteiger partial charge on any atom is 0.315 e. The summed E-state index contributed by atoms with van der Waals surface area (Å²) in [6.07, 6.45) is 4.06. The molecule has 1 fully saturated rings. The molecule has 2 rings (SSSR count). The average Bonchev–Trinajstić information content (AvgIpc) is 3.03. The lowest BCUT2D eigenvalue weighted by atomic mass is 10.0. The van der Waals surface area contributed by atoms with E-state index in [-0.39, 0.29) is 23.2 Å². The number of hydrogen-bond acceptors (Lipinski definition) is 3. The molecule has 6 nitrogen and oxygen atoms in total. The number of aryl methyl sites for hydroxylation is 1. The highest BCUT2D eigenvalue weighted by atomic mass is 16.5. The number of carbonyl (C=O) groups excluding carboxylic acids is 1. The molecule has 0 saturated carbocycles. The van der Waals surface area contributed by atoms with Crippen LogP contribution >= 0.6 is 0 Å². The molecule has 0 aromatic carbocycles. The Hall–Kier alpha value is -1.56. The van der Waals surface area contributed by atoms with E-state index in [2.05, 4.69) is 36.5 Å². The van der Waals surface area contributed by atoms with Crippen molar-refractivity contribution in [3.8, 4) is 0 Å². The SMILES string of the molecule is Cc1nn(C(C)(C)C)cc1[C@H](C)NC(=O)NC[C@@]1(C)CCCO1. The zero-order valence-corrected chi connectivity index (χ0v) is 15.2. The van der Waals surface area contributed by atoms with Gasteiger partial charge in [-0.05, 0) is 54.4 Å². The van der Waals surface area contributed by atoms with Crippen molar-refractivity contribution in [2.75, 3.05) is 13.2 Å². The topological polar surface area (TPSA) is 68.2 Å². The molecule has 0 spiro atoms. The zero-order valence-electron chi connectivity index (χ0n) is 15.2. The number of nitrogens with zero attached hydrogens (tertiary/aromatic N) is 2. The average molecular weight is 322 g/mol. The molecule has 2 atom stereocenters. The molecule has 1 aromatic heterocycles. The third kappa shape index (κ3) is 4.47. The van der Waals surface area contributed by atoms with Gasteiger partial charge in [0.25, 0.3) is 0 Å². The molecule has 2 N–H and O–H groups in total. The molecule has 1 saturated heterocycles. The number of rotatable bonds is 4. The molecular formula is C17H30N4O2. The van der Waals surface area contributed by atoms with Gasteiger partial charge in [0.05, 0.1) is 22.9 Å². The van der Waals surface area contributed by atoms with Crippen LogP contribution in [0.1, 0.15) is 64.8 Å². The van der Waals surface area contributed by atoms with Gasteiger partial charge in [-0.15, -0.1) is 0 Å². The first kappa shape index (κ1) is 17.8. The second-order valence-electron chi connectivity index (χ2n) is 7.74. The first-order valence-corrected chi connectivity index (χ1v) is 8.36. The monoisotopic (exact) mass is 322 g/mol. The molecule has 23 heavy (non-hydrogen) atoms. The quantitative estimate of drug-likeness (QED) is 0.895. The van der Waals surface area contributed by atoms with Crippen LogP contribution in [-0.4, -0.2) is 34.6 Å². The smallest absolute Gasteiger partial charge is 0.315 e. The van der Waals surface area contributed by atoms with E-state index in [1.807, 2.05) is 31.6 Å². The van der Waals surface area contributed by atoms with Crippen LogP contribution in [0.5, 0.6) is 0 Å². The zero-order chi connectivity index (χ0) is 17.3. The summed E-state index contributed by atoms with van der Waals surface area (Å²) in [4.78, 5) is 12.1. The predicted octanol–water partition coefficient (Wildman–Crippen LogP) is 2.88. The second-order valence-corrected chi connectivity index (χ2v) is 7.74. The van der Waals surface area contributed by atoms with Gasteiger partial charge in [-0.3, -0.25) is 4.68 Å². The molecule has 1 aliphatic heterocycles. The third-order valence-electron chi connectivity index (χ3n) is 4.36. The van der Waals surface area contributed by atoms with E-state index >= 15 is 0 Å². The Kier molecular flexibility index (Phi) is 5.04. The molecule has 6 heteroatoms. The van der Waals surface area contributed by atoms with Gasteiger partial charge >= 0.3 is 6.03 Å². The molecule has 2 heterocycles. The highest BCUT2D eigenvalue weighted by molar-refractivity contribution is 5.74. The third-order valence-corrected chi connectivity index (χ3v) is 4.36. The van der Waals surface area contributed by atoms with E-state index in [1.165, 1.54) is 0 Å². The fraction of sp³-hybridized carbons (Fsp3) is 0.765. The maximum absolute atomic E-state index is 12.1. The molecule has 0 aliphatic carbocycles. The lowest BCUT2D eigenvalue weighted by Crippen LogP contribution is -2.45. The van der Waals surface area contributed by atoms with Crippen LogP contribution in [0, 0.1) is 6.92 Å². The van der Waals surface area contributed by atoms with Crippen LogP contribution in [0.4, 0.5) is 4.79 Å². The maximum atomic E-state index is 12.1. The first-order valence-electron chi connectivity index (χ1n) is 8.36. The highest BCUT2D eigenvalue weighted by Crippen LogP contribution is 2.24. The van der Waals surface area contributed by atoms with Gasteiger partial charge in [0.1, 0.15) is 0 Å². The van der Waals surface area contributed by atoms with Gasteiger partial charge < -0.3 is 15.4 Å². The van der Waals surface area contributed by atoms with Crippen molar-refractivity contribution < 1.29 is 9.53 Å². The summed E-state index contributed by atoms with van der Waals surface area (Å²) in [5, 5.41) is 10.5. The second kappa shape index (κ2) is 6.51. The number of ether oxygens (including phenoxy) is 1. The molecule has 1 aromatic rings. The van der Waals surface area contributed by atoms with Gasteiger partial charge in [-0.2, -0.15) is 5.10 Å². The van der Waals surface area contributed by atoms with Gasteiger partial charge in [0.2, 0.25) is 0 Å². The van der Waals surface area contributed by atoms with Crippen molar-refractivity contribution in [1.29, 1.82) is 0 Å². The van der Waals surface area contributed by atoms with Crippen molar-refractivity contribution in [2.24, 2.45) is 0 Å². The van der Waals surface area contributed by atoms with Crippen LogP contribution in [0.2, 0.25) is 0 Å². The molecule has 1 aliphatic rings. The minimum absolute atomic E-state index is 0.0700. The van der Waals surface area contributed by atoms with Crippen molar-refractivity contribution in [1.82, 2.24) is 20.4 Å². The van der Waals surface area contributed by atoms with Gasteiger partial charge in [-0.1, -0.05) is 0 Å². The lowest BCUT2D eigenvalue weighted by molar-refractivity contribution is 0.0228. The number of amides is 2. The number of hydrogen-bond donors (Lipinski definition) is 2. The molecular weight excluding hydrogens is 292 g/mol. The van der Waals surface area contributed by atoms with Crippen LogP contribution in [0.3, 0.4) is 0 Å². The van der Waals surface area contributed by atoms with Crippen LogP contribution in [-0.2, 0) is 10.3 Å². The van der Waals surface area contributed by atoms with Crippen molar-refractivity contribution in [3.05, 3.63) is 17.5 Å². The van der Waals surface area contributed by atoms with Gasteiger partial charge in [0.15, 0.2) is 0 Å². The fourth-order valence-electron chi connectivity index (χ4n) is 2.81. The van der Waals surface area contributed by atoms with Gasteiger partial charge in [-0.25, -0.2) is 4.79 Å². The highest BCUT2D eigenvalue weighted by Gasteiger charge is 2.30. The van der Waals surface area contributed by atoms with Crippen LogP contribution < -0.4 is 10.6 Å². The van der Waals surface area contributed by atoms with E-state index in [1.54, 1.807) is 0 Å². The largest absolute Gasteiger partial charge is 0.373 e. The summed E-state index contributed by atoms with van der Waals surface area (Å²) in [5.41, 5.74) is 1.68. The normalized spacial score (nSPS) is 22.9. The van der Waals surface area contributed by atoms with Crippen molar-refractivity contribution >= 4 is 6.03 Å². The predicted molar refractivity (Wildman–Crippen MR) is 90.5 cm³/mol. The molecule has 0 bridgehead atoms. The molecule has 0 unspecified atom stereocenters. The Bertz CT molecular complexity index is 553. The summed E-state index contributed by atoms with van der Waals surface area (Å²) in [7, 11) is 0. The van der Waals surface area contributed by atoms with E-state index in [9.17, 15) is 4.79 Å². The van der Waals surface area contributed by atoms with E-state index in [0.717, 1.165) is 30.7 Å². The summed E-state index contributed by atoms with van der Waals surface area (Å²) < 4.78 is 7.63. The number of carbonyl (C=O) groups is 1. The fourth-order valence-corrected chi connectivity index (χ4v) is 2.81. The Labute approximate surface area is 139 Å². The van der Waals surface area contributed by atoms with E-state index in [4.69, 9.17) is 4.74 Å². The Balaban J connectivity index is 1.92. The summed E-state index contributed by atoms with van der Waals surface area (Å²) in [6.45, 7) is 13.6. The Morgan fingerprint density at radius 3 is 2.74 bits per heavy atom. The first-order chi connectivity index (χ1) is 10.6. The van der Waals surface area contributed by atoms with Crippen LogP contribution in [0.15, 0.2) is 6.20 Å². The Morgan fingerprint density at radius 1 is 1.52 bits per heavy atom. The summed E-state index contributed by atoms with van der Waals surface area (Å²) in [5.74, 6) is 0. The summed E-state index contributed by atoms with van der Waals surface area (Å²) in [6, 6.07) is -0.263. The molecule has 2 amide bonds. The molecule has 0 radical (unpaired) electrons. The van der Waals surface area contributed by atoms with E-state index < -0.39 is 0 Å². The minimum Gasteiger partial charge on any atom is -0.373 e. The Morgan fingerprint density at radius 2 is 2.22 bits per heavy atom. The lowest BCUT2D eigenvalue weighted by Gasteiger charge is -2.24. The number of nitrogens with one attached hydrogen (secondary N) is 2. The minimum atomic E-state index is -0.229. The van der Waals surface area contributed by atoms with Crippen molar-refractivity contribution in [2.45, 2.75) is 71.6 Å².